The van der Waals surface area contributed by atoms with Crippen molar-refractivity contribution in [1.29, 1.82) is 0 Å². The summed E-state index contributed by atoms with van der Waals surface area (Å²) in [6.45, 7) is 0. The van der Waals surface area contributed by atoms with Crippen LogP contribution in [0, 0.1) is 0 Å². The van der Waals surface area contributed by atoms with Crippen LogP contribution in [0.2, 0.25) is 0 Å². The minimum absolute atomic E-state index is 0.192. The molecule has 114 valence electrons. The molecule has 0 spiro atoms. The van der Waals surface area contributed by atoms with E-state index in [1.54, 1.807) is 36.4 Å². The number of alkyl halides is 3. The number of thiophene rings is 1. The Hall–Kier alpha value is -2.40. The van der Waals surface area contributed by atoms with Crippen LogP contribution in [0.1, 0.15) is 5.56 Å². The van der Waals surface area contributed by atoms with E-state index >= 15 is 0 Å². The number of pyridine rings is 1. The van der Waals surface area contributed by atoms with E-state index in [0.29, 0.717) is 21.5 Å². The van der Waals surface area contributed by atoms with Gasteiger partial charge in [-0.2, -0.15) is 13.2 Å². The summed E-state index contributed by atoms with van der Waals surface area (Å²) in [4.78, 5) is 4.89. The molecule has 2 aromatic carbocycles. The highest BCUT2D eigenvalue weighted by Crippen LogP contribution is 2.43. The lowest BCUT2D eigenvalue weighted by Gasteiger charge is -2.11. The predicted molar refractivity (Wildman–Crippen MR) is 87.6 cm³/mol. The zero-order valence-electron chi connectivity index (χ0n) is 11.8. The van der Waals surface area contributed by atoms with Crippen LogP contribution in [0.4, 0.5) is 13.2 Å². The molecule has 0 saturated heterocycles. The molecule has 0 saturated carbocycles. The van der Waals surface area contributed by atoms with Crippen LogP contribution >= 0.6 is 11.3 Å². The van der Waals surface area contributed by atoms with Crippen molar-refractivity contribution in [2.75, 3.05) is 0 Å². The van der Waals surface area contributed by atoms with Gasteiger partial charge in [-0.1, -0.05) is 48.5 Å². The average Bonchev–Trinajstić information content (AvgIpc) is 2.92. The first-order valence-corrected chi connectivity index (χ1v) is 7.80. The Morgan fingerprint density at radius 2 is 1.57 bits per heavy atom. The van der Waals surface area contributed by atoms with Crippen LogP contribution in [0.5, 0.6) is 0 Å². The number of hydrogen-bond acceptors (Lipinski definition) is 2. The highest BCUT2D eigenvalue weighted by molar-refractivity contribution is 7.25. The average molecular weight is 329 g/mol. The van der Waals surface area contributed by atoms with Gasteiger partial charge in [-0.15, -0.1) is 11.3 Å². The third-order valence-corrected chi connectivity index (χ3v) is 4.79. The van der Waals surface area contributed by atoms with Gasteiger partial charge >= 0.3 is 6.18 Å². The Morgan fingerprint density at radius 3 is 2.30 bits per heavy atom. The molecule has 2 aromatic heterocycles. The quantitative estimate of drug-likeness (QED) is 0.409. The molecule has 0 fully saturated rings. The van der Waals surface area contributed by atoms with E-state index < -0.39 is 11.7 Å². The van der Waals surface area contributed by atoms with E-state index in [-0.39, 0.29) is 5.39 Å². The Bertz CT molecular complexity index is 1000. The van der Waals surface area contributed by atoms with Gasteiger partial charge in [0.1, 0.15) is 4.83 Å². The van der Waals surface area contributed by atoms with Crippen LogP contribution < -0.4 is 0 Å². The van der Waals surface area contributed by atoms with Crippen molar-refractivity contribution in [2.45, 2.75) is 6.18 Å². The Morgan fingerprint density at radius 1 is 0.870 bits per heavy atom. The summed E-state index contributed by atoms with van der Waals surface area (Å²) in [7, 11) is 0. The van der Waals surface area contributed by atoms with Crippen LogP contribution in [-0.2, 0) is 6.18 Å². The zero-order chi connectivity index (χ0) is 16.0. The normalized spacial score (nSPS) is 12.1. The number of rotatable bonds is 1. The van der Waals surface area contributed by atoms with Gasteiger partial charge < -0.3 is 0 Å². The first kappa shape index (κ1) is 14.2. The molecule has 0 bridgehead atoms. The monoisotopic (exact) mass is 329 g/mol. The number of aromatic nitrogens is 1. The number of fused-ring (bicyclic) bond motifs is 3. The fraction of sp³-hybridized carbons (Fsp3) is 0.0556. The van der Waals surface area contributed by atoms with E-state index in [1.807, 2.05) is 18.2 Å². The second-order valence-corrected chi connectivity index (χ2v) is 6.23. The second kappa shape index (κ2) is 5.06. The third kappa shape index (κ3) is 2.37. The van der Waals surface area contributed by atoms with Crippen molar-refractivity contribution >= 4 is 31.6 Å². The minimum Gasteiger partial charge on any atom is -0.237 e. The maximum Gasteiger partial charge on any atom is 0.417 e. The standard InChI is InChI=1S/C18H10F3NS/c19-18(20,21)13-10-14(11-6-2-1-3-7-11)22-17-16(13)12-8-4-5-9-15(12)23-17/h1-10H. The molecule has 0 N–H and O–H groups in total. The van der Waals surface area contributed by atoms with Gasteiger partial charge in [0.25, 0.3) is 0 Å². The summed E-state index contributed by atoms with van der Waals surface area (Å²) in [5.41, 5.74) is 0.396. The molecule has 1 nitrogen and oxygen atoms in total. The van der Waals surface area contributed by atoms with Crippen LogP contribution in [-0.4, -0.2) is 4.98 Å². The second-order valence-electron chi connectivity index (χ2n) is 5.20. The van der Waals surface area contributed by atoms with Gasteiger partial charge in [0.2, 0.25) is 0 Å². The predicted octanol–water partition coefficient (Wildman–Crippen LogP) is 6.14. The van der Waals surface area contributed by atoms with Gasteiger partial charge in [-0.05, 0) is 12.1 Å². The van der Waals surface area contributed by atoms with E-state index in [0.717, 1.165) is 10.8 Å². The molecular formula is C18H10F3NS. The first-order valence-electron chi connectivity index (χ1n) is 6.99. The summed E-state index contributed by atoms with van der Waals surface area (Å²) in [5, 5.41) is 0.796. The number of hydrogen-bond donors (Lipinski definition) is 0. The number of halogens is 3. The van der Waals surface area contributed by atoms with Crippen molar-refractivity contribution < 1.29 is 13.2 Å². The summed E-state index contributed by atoms with van der Waals surface area (Å²) in [5.74, 6) is 0. The SMILES string of the molecule is FC(F)(F)c1cc(-c2ccccc2)nc2sc3ccccc3c12. The highest BCUT2D eigenvalue weighted by atomic mass is 32.1. The molecule has 2 heterocycles. The number of benzene rings is 2. The maximum atomic E-state index is 13.6. The molecule has 0 aliphatic carbocycles. The molecule has 23 heavy (non-hydrogen) atoms. The van der Waals surface area contributed by atoms with Crippen molar-refractivity contribution in [2.24, 2.45) is 0 Å². The van der Waals surface area contributed by atoms with E-state index in [4.69, 9.17) is 0 Å². The molecule has 0 atom stereocenters. The maximum absolute atomic E-state index is 13.6. The minimum atomic E-state index is -4.42. The molecule has 0 aliphatic rings. The van der Waals surface area contributed by atoms with Gasteiger partial charge in [0, 0.05) is 21.0 Å². The summed E-state index contributed by atoms with van der Waals surface area (Å²) >= 11 is 1.29. The molecule has 4 aromatic rings. The topological polar surface area (TPSA) is 12.9 Å². The van der Waals surface area contributed by atoms with Gasteiger partial charge in [0.15, 0.2) is 0 Å². The van der Waals surface area contributed by atoms with E-state index in [1.165, 1.54) is 11.3 Å². The Kier molecular flexibility index (Phi) is 3.13. The summed E-state index contributed by atoms with van der Waals surface area (Å²) in [6.07, 6.45) is -4.42. The fourth-order valence-corrected chi connectivity index (χ4v) is 3.80. The summed E-state index contributed by atoms with van der Waals surface area (Å²) in [6, 6.07) is 17.2. The Balaban J connectivity index is 2.12. The van der Waals surface area contributed by atoms with Crippen LogP contribution in [0.3, 0.4) is 0 Å². The number of nitrogens with zero attached hydrogens (tertiary/aromatic N) is 1. The highest BCUT2D eigenvalue weighted by Gasteiger charge is 2.34. The molecule has 5 heteroatoms. The molecule has 0 unspecified atom stereocenters. The lowest BCUT2D eigenvalue weighted by atomic mass is 10.0. The van der Waals surface area contributed by atoms with Gasteiger partial charge in [0.05, 0.1) is 11.3 Å². The fourth-order valence-electron chi connectivity index (χ4n) is 2.70. The van der Waals surface area contributed by atoms with Gasteiger partial charge in [-0.25, -0.2) is 4.98 Å². The van der Waals surface area contributed by atoms with E-state index in [9.17, 15) is 13.2 Å². The first-order chi connectivity index (χ1) is 11.0. The lowest BCUT2D eigenvalue weighted by molar-refractivity contribution is -0.136. The van der Waals surface area contributed by atoms with Crippen molar-refractivity contribution in [3.8, 4) is 11.3 Å². The van der Waals surface area contributed by atoms with Crippen molar-refractivity contribution in [3.63, 3.8) is 0 Å². The molecular weight excluding hydrogens is 319 g/mol. The summed E-state index contributed by atoms with van der Waals surface area (Å²) < 4.78 is 41.6. The lowest BCUT2D eigenvalue weighted by Crippen LogP contribution is -2.06. The van der Waals surface area contributed by atoms with Crippen LogP contribution in [0.25, 0.3) is 31.6 Å². The van der Waals surface area contributed by atoms with Crippen molar-refractivity contribution in [3.05, 3.63) is 66.2 Å². The molecule has 0 radical (unpaired) electrons. The Labute approximate surface area is 134 Å². The van der Waals surface area contributed by atoms with E-state index in [2.05, 4.69) is 4.98 Å². The largest absolute Gasteiger partial charge is 0.417 e. The molecule has 0 amide bonds. The third-order valence-electron chi connectivity index (χ3n) is 3.72. The smallest absolute Gasteiger partial charge is 0.237 e. The van der Waals surface area contributed by atoms with Gasteiger partial charge in [-0.3, -0.25) is 0 Å². The van der Waals surface area contributed by atoms with Crippen LogP contribution in [0.15, 0.2) is 60.7 Å². The molecule has 4 rings (SSSR count). The zero-order valence-corrected chi connectivity index (χ0v) is 12.6. The molecule has 0 aliphatic heterocycles. The van der Waals surface area contributed by atoms with Crippen molar-refractivity contribution in [1.82, 2.24) is 4.98 Å².